The first kappa shape index (κ1) is 28.2. The van der Waals surface area contributed by atoms with Crippen molar-refractivity contribution in [1.29, 1.82) is 0 Å². The maximum atomic E-state index is 13.5. The highest BCUT2D eigenvalue weighted by atomic mass is 79.9. The van der Waals surface area contributed by atoms with Crippen molar-refractivity contribution in [1.82, 2.24) is 4.90 Å². The van der Waals surface area contributed by atoms with Crippen molar-refractivity contribution in [2.45, 2.75) is 25.1 Å². The van der Waals surface area contributed by atoms with Crippen molar-refractivity contribution >= 4 is 27.5 Å². The van der Waals surface area contributed by atoms with E-state index in [1.165, 1.54) is 6.07 Å². The molecule has 0 aromatic heterocycles. The summed E-state index contributed by atoms with van der Waals surface area (Å²) >= 11 is 9.71. The Morgan fingerprint density at radius 3 is 1.97 bits per heavy atom. The zero-order chi connectivity index (χ0) is 27.0. The number of nitrogens with zero attached hydrogens (tertiary/aromatic N) is 1. The quantitative estimate of drug-likeness (QED) is 0.159. The van der Waals surface area contributed by atoms with Crippen LogP contribution in [0.3, 0.4) is 0 Å². The van der Waals surface area contributed by atoms with Gasteiger partial charge in [0.15, 0.2) is 0 Å². The van der Waals surface area contributed by atoms with E-state index in [1.54, 1.807) is 6.07 Å². The molecule has 0 unspecified atom stereocenters. The molecule has 38 heavy (non-hydrogen) atoms. The molecule has 0 N–H and O–H groups in total. The first-order valence-corrected chi connectivity index (χ1v) is 13.5. The zero-order valence-corrected chi connectivity index (χ0v) is 23.0. The number of hydrogen-bond donors (Lipinski definition) is 0. The summed E-state index contributed by atoms with van der Waals surface area (Å²) in [5, 5.41) is -0.243. The van der Waals surface area contributed by atoms with Crippen molar-refractivity contribution in [3.8, 4) is 5.75 Å². The van der Waals surface area contributed by atoms with Crippen molar-refractivity contribution in [2.24, 2.45) is 0 Å². The SMILES string of the molecule is FC(F)(F)c1cccc(CN(CCCOc2ccc(Br)cc2)CC(c2ccccc2)c2ccccc2)c1Cl. The summed E-state index contributed by atoms with van der Waals surface area (Å²) in [7, 11) is 0. The molecule has 0 heterocycles. The highest BCUT2D eigenvalue weighted by Gasteiger charge is 2.34. The van der Waals surface area contributed by atoms with E-state index in [1.807, 2.05) is 60.7 Å². The van der Waals surface area contributed by atoms with Gasteiger partial charge in [0.05, 0.1) is 17.2 Å². The van der Waals surface area contributed by atoms with Gasteiger partial charge in [0, 0.05) is 30.0 Å². The van der Waals surface area contributed by atoms with Crippen LogP contribution in [0.5, 0.6) is 5.75 Å². The molecule has 0 atom stereocenters. The van der Waals surface area contributed by atoms with E-state index in [4.69, 9.17) is 16.3 Å². The van der Waals surface area contributed by atoms with Gasteiger partial charge in [0.1, 0.15) is 5.75 Å². The van der Waals surface area contributed by atoms with E-state index in [2.05, 4.69) is 45.1 Å². The number of benzene rings is 4. The summed E-state index contributed by atoms with van der Waals surface area (Å²) in [6.45, 7) is 2.01. The molecule has 0 radical (unpaired) electrons. The van der Waals surface area contributed by atoms with Gasteiger partial charge >= 0.3 is 6.18 Å². The number of rotatable bonds is 11. The largest absolute Gasteiger partial charge is 0.494 e. The molecule has 198 valence electrons. The van der Waals surface area contributed by atoms with Gasteiger partial charge in [-0.2, -0.15) is 13.2 Å². The van der Waals surface area contributed by atoms with Gasteiger partial charge in [-0.05, 0) is 53.4 Å². The normalized spacial score (nSPS) is 11.8. The van der Waals surface area contributed by atoms with Gasteiger partial charge in [0.25, 0.3) is 0 Å². The van der Waals surface area contributed by atoms with Crippen molar-refractivity contribution in [3.63, 3.8) is 0 Å². The molecule has 0 aliphatic heterocycles. The number of halogens is 5. The Balaban J connectivity index is 1.56. The van der Waals surface area contributed by atoms with Gasteiger partial charge < -0.3 is 4.74 Å². The topological polar surface area (TPSA) is 12.5 Å². The van der Waals surface area contributed by atoms with E-state index < -0.39 is 11.7 Å². The molecule has 2 nitrogen and oxygen atoms in total. The molecule has 0 fully saturated rings. The molecule has 7 heteroatoms. The molecule has 4 aromatic carbocycles. The summed E-state index contributed by atoms with van der Waals surface area (Å²) in [6.07, 6.45) is -3.81. The Kier molecular flexibility index (Phi) is 9.89. The Bertz CT molecular complexity index is 1240. The Labute approximate surface area is 235 Å². The molecule has 4 aromatic rings. The highest BCUT2D eigenvalue weighted by Crippen LogP contribution is 2.37. The van der Waals surface area contributed by atoms with E-state index in [0.717, 1.165) is 27.4 Å². The standard InChI is InChI=1S/C31H28BrClF3NO/c32-26-15-17-27(18-16-26)38-20-8-19-37(21-25-13-7-14-29(30(25)33)31(34,35)36)22-28(23-9-3-1-4-10-23)24-11-5-2-6-12-24/h1-7,9-18,28H,8,19-22H2. The van der Waals surface area contributed by atoms with Crippen molar-refractivity contribution < 1.29 is 17.9 Å². The zero-order valence-electron chi connectivity index (χ0n) is 20.7. The van der Waals surface area contributed by atoms with Gasteiger partial charge in [-0.15, -0.1) is 0 Å². The third kappa shape index (κ3) is 7.85. The second kappa shape index (κ2) is 13.3. The first-order chi connectivity index (χ1) is 18.3. The lowest BCUT2D eigenvalue weighted by atomic mass is 9.90. The molecule has 0 saturated heterocycles. The smallest absolute Gasteiger partial charge is 0.417 e. The van der Waals surface area contributed by atoms with Crippen LogP contribution >= 0.6 is 27.5 Å². The second-order valence-electron chi connectivity index (χ2n) is 9.04. The lowest BCUT2D eigenvalue weighted by Gasteiger charge is -2.29. The molecular weight excluding hydrogens is 575 g/mol. The summed E-state index contributed by atoms with van der Waals surface area (Å²) < 4.78 is 47.5. The molecule has 0 amide bonds. The lowest BCUT2D eigenvalue weighted by Crippen LogP contribution is -2.31. The third-order valence-electron chi connectivity index (χ3n) is 6.32. The van der Waals surface area contributed by atoms with E-state index in [9.17, 15) is 13.2 Å². The maximum Gasteiger partial charge on any atom is 0.417 e. The highest BCUT2D eigenvalue weighted by molar-refractivity contribution is 9.10. The summed E-state index contributed by atoms with van der Waals surface area (Å²) in [6, 6.07) is 32.1. The van der Waals surface area contributed by atoms with Gasteiger partial charge in [0.2, 0.25) is 0 Å². The van der Waals surface area contributed by atoms with Crippen LogP contribution in [0.15, 0.2) is 108 Å². The summed E-state index contributed by atoms with van der Waals surface area (Å²) in [5.74, 6) is 0.807. The number of alkyl halides is 3. The predicted octanol–water partition coefficient (Wildman–Crippen LogP) is 9.22. The van der Waals surface area contributed by atoms with Crippen LogP contribution in [-0.2, 0) is 12.7 Å². The first-order valence-electron chi connectivity index (χ1n) is 12.4. The van der Waals surface area contributed by atoms with Crippen LogP contribution in [0.2, 0.25) is 5.02 Å². The molecule has 0 aliphatic carbocycles. The van der Waals surface area contributed by atoms with Crippen LogP contribution < -0.4 is 4.74 Å². The minimum Gasteiger partial charge on any atom is -0.494 e. The lowest BCUT2D eigenvalue weighted by molar-refractivity contribution is -0.137. The van der Waals surface area contributed by atoms with E-state index >= 15 is 0 Å². The minimum atomic E-state index is -4.51. The number of hydrogen-bond acceptors (Lipinski definition) is 2. The third-order valence-corrected chi connectivity index (χ3v) is 7.30. The fourth-order valence-electron chi connectivity index (χ4n) is 4.44. The molecule has 0 spiro atoms. The van der Waals surface area contributed by atoms with E-state index in [0.29, 0.717) is 31.7 Å². The fourth-order valence-corrected chi connectivity index (χ4v) is 5.00. The summed E-state index contributed by atoms with van der Waals surface area (Å²) in [4.78, 5) is 2.16. The average Bonchev–Trinajstić information content (AvgIpc) is 2.92. The molecule has 0 aliphatic rings. The van der Waals surface area contributed by atoms with Crippen molar-refractivity contribution in [3.05, 3.63) is 135 Å². The van der Waals surface area contributed by atoms with Gasteiger partial charge in [-0.25, -0.2) is 0 Å². The molecule has 4 rings (SSSR count). The Morgan fingerprint density at radius 1 is 0.789 bits per heavy atom. The van der Waals surface area contributed by atoms with Crippen molar-refractivity contribution in [2.75, 3.05) is 19.7 Å². The monoisotopic (exact) mass is 601 g/mol. The Hall–Kier alpha value is -2.80. The average molecular weight is 603 g/mol. The fraction of sp³-hybridized carbons (Fsp3) is 0.226. The maximum absolute atomic E-state index is 13.5. The summed E-state index contributed by atoms with van der Waals surface area (Å²) in [5.41, 5.74) is 1.93. The van der Waals surface area contributed by atoms with Gasteiger partial charge in [-0.3, -0.25) is 4.90 Å². The molecular formula is C31H28BrClF3NO. The van der Waals surface area contributed by atoms with Crippen LogP contribution in [0, 0.1) is 0 Å². The minimum absolute atomic E-state index is 0.0365. The van der Waals surface area contributed by atoms with Crippen LogP contribution in [-0.4, -0.2) is 24.6 Å². The molecule has 0 saturated carbocycles. The predicted molar refractivity (Wildman–Crippen MR) is 151 cm³/mol. The van der Waals surface area contributed by atoms with Crippen LogP contribution in [0.1, 0.15) is 34.6 Å². The van der Waals surface area contributed by atoms with Gasteiger partial charge in [-0.1, -0.05) is 100 Å². The number of ether oxygens (including phenoxy) is 1. The van der Waals surface area contributed by atoms with Crippen LogP contribution in [0.25, 0.3) is 0 Å². The Morgan fingerprint density at radius 2 is 1.39 bits per heavy atom. The molecule has 0 bridgehead atoms. The van der Waals surface area contributed by atoms with E-state index in [-0.39, 0.29) is 17.5 Å². The van der Waals surface area contributed by atoms with Crippen LogP contribution in [0.4, 0.5) is 13.2 Å². The second-order valence-corrected chi connectivity index (χ2v) is 10.3.